The van der Waals surface area contributed by atoms with Crippen LogP contribution in [0.4, 0.5) is 5.69 Å². The molecule has 0 aliphatic carbocycles. The number of rotatable bonds is 12. The average molecular weight is 578 g/mol. The van der Waals surface area contributed by atoms with E-state index in [0.29, 0.717) is 12.2 Å². The van der Waals surface area contributed by atoms with Crippen molar-refractivity contribution in [3.63, 3.8) is 0 Å². The maximum absolute atomic E-state index is 14.0. The number of nitrogens with zero attached hydrogens (tertiary/aromatic N) is 2. The van der Waals surface area contributed by atoms with E-state index in [1.807, 2.05) is 64.1 Å². The summed E-state index contributed by atoms with van der Waals surface area (Å²) in [5, 5.41) is 2.91. The van der Waals surface area contributed by atoms with Gasteiger partial charge in [0.1, 0.15) is 12.6 Å². The van der Waals surface area contributed by atoms with Crippen molar-refractivity contribution >= 4 is 27.5 Å². The number of aryl methyl sites for hydroxylation is 2. The molecule has 0 saturated carbocycles. The minimum Gasteiger partial charge on any atom is -0.354 e. The molecule has 0 unspecified atom stereocenters. The first kappa shape index (κ1) is 31.9. The van der Waals surface area contributed by atoms with E-state index in [4.69, 9.17) is 0 Å². The molecule has 0 aliphatic rings. The molecular weight excluding hydrogens is 534 g/mol. The van der Waals surface area contributed by atoms with E-state index in [0.717, 1.165) is 26.6 Å². The van der Waals surface area contributed by atoms with Crippen LogP contribution in [0.15, 0.2) is 77.7 Å². The van der Waals surface area contributed by atoms with Crippen LogP contribution in [0, 0.1) is 19.8 Å². The second kappa shape index (κ2) is 13.8. The van der Waals surface area contributed by atoms with Gasteiger partial charge in [0, 0.05) is 13.1 Å². The van der Waals surface area contributed by atoms with Gasteiger partial charge in [0.2, 0.25) is 11.8 Å². The molecule has 0 spiro atoms. The number of carbonyl (C=O) groups excluding carboxylic acids is 2. The topological polar surface area (TPSA) is 86.8 Å². The third-order valence-electron chi connectivity index (χ3n) is 7.06. The van der Waals surface area contributed by atoms with E-state index in [-0.39, 0.29) is 29.2 Å². The number of hydrogen-bond donors (Lipinski definition) is 1. The zero-order chi connectivity index (χ0) is 30.3. The molecule has 1 atom stereocenters. The summed E-state index contributed by atoms with van der Waals surface area (Å²) in [6.45, 7) is 13.9. The van der Waals surface area contributed by atoms with E-state index >= 15 is 0 Å². The molecule has 220 valence electrons. The lowest BCUT2D eigenvalue weighted by Crippen LogP contribution is -2.51. The van der Waals surface area contributed by atoms with Gasteiger partial charge in [-0.1, -0.05) is 87.4 Å². The smallest absolute Gasteiger partial charge is 0.264 e. The third kappa shape index (κ3) is 8.43. The first-order chi connectivity index (χ1) is 19.3. The second-order valence-electron chi connectivity index (χ2n) is 11.4. The van der Waals surface area contributed by atoms with Gasteiger partial charge in [0.25, 0.3) is 10.0 Å². The van der Waals surface area contributed by atoms with Gasteiger partial charge < -0.3 is 10.2 Å². The van der Waals surface area contributed by atoms with E-state index in [2.05, 4.69) is 19.2 Å². The van der Waals surface area contributed by atoms with Gasteiger partial charge in [0.15, 0.2) is 0 Å². The molecule has 1 N–H and O–H groups in total. The number of hydrogen-bond acceptors (Lipinski definition) is 4. The Labute approximate surface area is 245 Å². The fourth-order valence-electron chi connectivity index (χ4n) is 4.32. The predicted molar refractivity (Wildman–Crippen MR) is 165 cm³/mol. The SMILES string of the molecule is Cc1ccc(CN(C(=O)CN(c2ccc(C(C)C)cc2)S(=O)(=O)c2ccc(C)cc2)[C@@H](C)C(=O)NCC(C)C)cc1. The summed E-state index contributed by atoms with van der Waals surface area (Å²) in [7, 11) is -4.09. The Bertz CT molecular complexity index is 1410. The number of nitrogens with one attached hydrogen (secondary N) is 1. The quantitative estimate of drug-likeness (QED) is 0.294. The number of anilines is 1. The molecule has 41 heavy (non-hydrogen) atoms. The Morgan fingerprint density at radius 3 is 1.83 bits per heavy atom. The van der Waals surface area contributed by atoms with Gasteiger partial charge in [-0.15, -0.1) is 0 Å². The highest BCUT2D eigenvalue weighted by atomic mass is 32.2. The molecule has 2 amide bonds. The van der Waals surface area contributed by atoms with Crippen LogP contribution >= 0.6 is 0 Å². The molecule has 0 fully saturated rings. The lowest BCUT2D eigenvalue weighted by atomic mass is 10.0. The van der Waals surface area contributed by atoms with Crippen LogP contribution in [0.3, 0.4) is 0 Å². The monoisotopic (exact) mass is 577 g/mol. The van der Waals surface area contributed by atoms with E-state index < -0.39 is 28.5 Å². The summed E-state index contributed by atoms with van der Waals surface area (Å²) in [4.78, 5) is 28.7. The van der Waals surface area contributed by atoms with Crippen molar-refractivity contribution in [2.75, 3.05) is 17.4 Å². The van der Waals surface area contributed by atoms with E-state index in [1.165, 1.54) is 4.90 Å². The maximum Gasteiger partial charge on any atom is 0.264 e. The van der Waals surface area contributed by atoms with Crippen molar-refractivity contribution < 1.29 is 18.0 Å². The van der Waals surface area contributed by atoms with Crippen LogP contribution in [0.1, 0.15) is 62.8 Å². The average Bonchev–Trinajstić information content (AvgIpc) is 2.94. The van der Waals surface area contributed by atoms with Crippen LogP contribution in [0.25, 0.3) is 0 Å². The van der Waals surface area contributed by atoms with Crippen molar-refractivity contribution in [1.29, 1.82) is 0 Å². The Balaban J connectivity index is 2.02. The van der Waals surface area contributed by atoms with Gasteiger partial charge in [-0.05, 0) is 68.0 Å². The Morgan fingerprint density at radius 1 is 0.780 bits per heavy atom. The molecule has 0 saturated heterocycles. The lowest BCUT2D eigenvalue weighted by molar-refractivity contribution is -0.139. The third-order valence-corrected chi connectivity index (χ3v) is 8.85. The Hall–Kier alpha value is -3.65. The number of carbonyl (C=O) groups is 2. The van der Waals surface area contributed by atoms with Gasteiger partial charge >= 0.3 is 0 Å². The standard InChI is InChI=1S/C33H43N3O4S/c1-23(2)20-34-33(38)27(7)35(21-28-12-8-25(5)9-13-28)32(37)22-36(30-16-14-29(15-17-30)24(3)4)41(39,40)31-18-10-26(6)11-19-31/h8-19,23-24,27H,20-22H2,1-7H3,(H,34,38)/t27-/m0/s1. The molecule has 0 bridgehead atoms. The summed E-state index contributed by atoms with van der Waals surface area (Å²) < 4.78 is 29.1. The highest BCUT2D eigenvalue weighted by Gasteiger charge is 2.32. The summed E-state index contributed by atoms with van der Waals surface area (Å²) in [6, 6.07) is 20.7. The Kier molecular flexibility index (Phi) is 10.7. The van der Waals surface area contributed by atoms with Crippen molar-refractivity contribution in [1.82, 2.24) is 10.2 Å². The van der Waals surface area contributed by atoms with Crippen molar-refractivity contribution in [2.24, 2.45) is 5.92 Å². The zero-order valence-corrected chi connectivity index (χ0v) is 26.0. The molecule has 3 aromatic rings. The van der Waals surface area contributed by atoms with Crippen molar-refractivity contribution in [3.8, 4) is 0 Å². The molecule has 0 aromatic heterocycles. The highest BCUT2D eigenvalue weighted by molar-refractivity contribution is 7.92. The predicted octanol–water partition coefficient (Wildman–Crippen LogP) is 5.81. The Morgan fingerprint density at radius 2 is 1.32 bits per heavy atom. The molecule has 8 heteroatoms. The van der Waals surface area contributed by atoms with Crippen LogP contribution in [-0.2, 0) is 26.2 Å². The first-order valence-corrected chi connectivity index (χ1v) is 15.6. The van der Waals surface area contributed by atoms with Gasteiger partial charge in [-0.2, -0.15) is 0 Å². The highest BCUT2D eigenvalue weighted by Crippen LogP contribution is 2.27. The fourth-order valence-corrected chi connectivity index (χ4v) is 5.73. The van der Waals surface area contributed by atoms with Crippen LogP contribution < -0.4 is 9.62 Å². The number of benzene rings is 3. The molecule has 0 aliphatic heterocycles. The minimum absolute atomic E-state index is 0.0941. The van der Waals surface area contributed by atoms with Crippen LogP contribution in [-0.4, -0.2) is 44.3 Å². The van der Waals surface area contributed by atoms with Gasteiger partial charge in [-0.25, -0.2) is 8.42 Å². The van der Waals surface area contributed by atoms with E-state index in [1.54, 1.807) is 43.3 Å². The largest absolute Gasteiger partial charge is 0.354 e. The second-order valence-corrected chi connectivity index (χ2v) is 13.3. The van der Waals surface area contributed by atoms with Crippen LogP contribution in [0.5, 0.6) is 0 Å². The number of sulfonamides is 1. The zero-order valence-electron chi connectivity index (χ0n) is 25.2. The van der Waals surface area contributed by atoms with Crippen molar-refractivity contribution in [3.05, 3.63) is 95.1 Å². The number of amides is 2. The van der Waals surface area contributed by atoms with Crippen molar-refractivity contribution in [2.45, 2.75) is 71.9 Å². The fraction of sp³-hybridized carbons (Fsp3) is 0.394. The van der Waals surface area contributed by atoms with Gasteiger partial charge in [0.05, 0.1) is 10.6 Å². The first-order valence-electron chi connectivity index (χ1n) is 14.1. The maximum atomic E-state index is 14.0. The molecule has 3 rings (SSSR count). The normalized spacial score (nSPS) is 12.3. The summed E-state index contributed by atoms with van der Waals surface area (Å²) >= 11 is 0. The van der Waals surface area contributed by atoms with Gasteiger partial charge in [-0.3, -0.25) is 13.9 Å². The molecule has 0 radical (unpaired) electrons. The van der Waals surface area contributed by atoms with E-state index in [9.17, 15) is 18.0 Å². The summed E-state index contributed by atoms with van der Waals surface area (Å²) in [6.07, 6.45) is 0. The molecule has 7 nitrogen and oxygen atoms in total. The molecule has 0 heterocycles. The molecular formula is C33H43N3O4S. The summed E-state index contributed by atoms with van der Waals surface area (Å²) in [5.41, 5.74) is 4.30. The molecule has 3 aromatic carbocycles. The lowest BCUT2D eigenvalue weighted by Gasteiger charge is -2.32. The van der Waals surface area contributed by atoms with Crippen LogP contribution in [0.2, 0.25) is 0 Å². The summed E-state index contributed by atoms with van der Waals surface area (Å²) in [5.74, 6) is -0.242. The minimum atomic E-state index is -4.09.